The number of rotatable bonds is 5. The number of benzene rings is 1. The number of anilines is 1. The normalized spacial score (nSPS) is 13.4. The zero-order valence-corrected chi connectivity index (χ0v) is 10.3. The first-order valence-electron chi connectivity index (χ1n) is 5.54. The van der Waals surface area contributed by atoms with Crippen LogP contribution in [0.5, 0.6) is 0 Å². The molecule has 1 rings (SSSR count). The van der Waals surface area contributed by atoms with E-state index in [9.17, 15) is 15.2 Å². The Bertz CT molecular complexity index is 492. The van der Waals surface area contributed by atoms with Crippen LogP contribution in [0.1, 0.15) is 25.8 Å². The molecule has 1 aromatic rings. The van der Waals surface area contributed by atoms with Gasteiger partial charge in [0.05, 0.1) is 22.2 Å². The maximum absolute atomic E-state index is 10.9. The summed E-state index contributed by atoms with van der Waals surface area (Å²) in [5.41, 5.74) is -0.565. The van der Waals surface area contributed by atoms with Crippen molar-refractivity contribution in [2.75, 3.05) is 11.9 Å². The van der Waals surface area contributed by atoms with Gasteiger partial charge in [-0.05, 0) is 25.5 Å². The van der Waals surface area contributed by atoms with E-state index in [0.717, 1.165) is 0 Å². The Morgan fingerprint density at radius 2 is 2.28 bits per heavy atom. The Balaban J connectivity index is 2.96. The largest absolute Gasteiger partial charge is 0.388 e. The molecule has 0 bridgehead atoms. The molecule has 6 nitrogen and oxygen atoms in total. The van der Waals surface area contributed by atoms with Gasteiger partial charge in [-0.15, -0.1) is 0 Å². The van der Waals surface area contributed by atoms with Crippen LogP contribution in [0.15, 0.2) is 18.2 Å². The van der Waals surface area contributed by atoms with E-state index < -0.39 is 10.5 Å². The first-order valence-corrected chi connectivity index (χ1v) is 5.54. The second-order valence-corrected chi connectivity index (χ2v) is 4.30. The van der Waals surface area contributed by atoms with Gasteiger partial charge in [0.2, 0.25) is 0 Å². The highest BCUT2D eigenvalue weighted by Crippen LogP contribution is 2.26. The molecule has 1 unspecified atom stereocenters. The van der Waals surface area contributed by atoms with E-state index in [2.05, 4.69) is 5.32 Å². The topological polar surface area (TPSA) is 99.2 Å². The van der Waals surface area contributed by atoms with E-state index >= 15 is 0 Å². The SMILES string of the molecule is CCC(C)(O)CNc1ccc(C#N)cc1[N+](=O)[O-]. The Hall–Kier alpha value is -2.13. The predicted octanol–water partition coefficient (Wildman–Crippen LogP) is 2.04. The zero-order chi connectivity index (χ0) is 13.8. The molecule has 96 valence electrons. The molecule has 0 aliphatic carbocycles. The van der Waals surface area contributed by atoms with Gasteiger partial charge in [0, 0.05) is 12.6 Å². The fourth-order valence-electron chi connectivity index (χ4n) is 1.31. The van der Waals surface area contributed by atoms with Gasteiger partial charge in [0.25, 0.3) is 5.69 Å². The van der Waals surface area contributed by atoms with E-state index in [-0.39, 0.29) is 17.8 Å². The summed E-state index contributed by atoms with van der Waals surface area (Å²) < 4.78 is 0. The van der Waals surface area contributed by atoms with Crippen LogP contribution < -0.4 is 5.32 Å². The lowest BCUT2D eigenvalue weighted by Crippen LogP contribution is -2.32. The molecule has 1 atom stereocenters. The third kappa shape index (κ3) is 3.43. The van der Waals surface area contributed by atoms with E-state index in [1.54, 1.807) is 6.92 Å². The van der Waals surface area contributed by atoms with Gasteiger partial charge in [0.15, 0.2) is 0 Å². The van der Waals surface area contributed by atoms with Gasteiger partial charge < -0.3 is 10.4 Å². The maximum atomic E-state index is 10.9. The lowest BCUT2D eigenvalue weighted by Gasteiger charge is -2.22. The van der Waals surface area contributed by atoms with E-state index in [1.165, 1.54) is 18.2 Å². The van der Waals surface area contributed by atoms with E-state index in [1.807, 2.05) is 13.0 Å². The molecule has 0 saturated heterocycles. The van der Waals surface area contributed by atoms with Gasteiger partial charge in [-0.2, -0.15) is 5.26 Å². The Labute approximate surface area is 105 Å². The van der Waals surface area contributed by atoms with Crippen LogP contribution >= 0.6 is 0 Å². The summed E-state index contributed by atoms with van der Waals surface area (Å²) in [6.45, 7) is 3.68. The van der Waals surface area contributed by atoms with Crippen molar-refractivity contribution in [2.45, 2.75) is 25.9 Å². The van der Waals surface area contributed by atoms with Crippen molar-refractivity contribution >= 4 is 11.4 Å². The fraction of sp³-hybridized carbons (Fsp3) is 0.417. The first kappa shape index (κ1) is 13.9. The highest BCUT2D eigenvalue weighted by Gasteiger charge is 2.20. The Kier molecular flexibility index (Phi) is 4.23. The molecule has 0 aromatic heterocycles. The molecule has 0 heterocycles. The summed E-state index contributed by atoms with van der Waals surface area (Å²) in [6, 6.07) is 6.03. The number of hydrogen-bond acceptors (Lipinski definition) is 5. The summed E-state index contributed by atoms with van der Waals surface area (Å²) in [4.78, 5) is 10.3. The highest BCUT2D eigenvalue weighted by atomic mass is 16.6. The van der Waals surface area contributed by atoms with Gasteiger partial charge in [0.1, 0.15) is 5.69 Å². The average molecular weight is 249 g/mol. The quantitative estimate of drug-likeness (QED) is 0.614. The van der Waals surface area contributed by atoms with Crippen LogP contribution in [0.25, 0.3) is 0 Å². The Morgan fingerprint density at radius 3 is 2.78 bits per heavy atom. The zero-order valence-electron chi connectivity index (χ0n) is 10.3. The number of nitriles is 1. The summed E-state index contributed by atoms with van der Waals surface area (Å²) >= 11 is 0. The molecule has 0 fully saturated rings. The summed E-state index contributed by atoms with van der Waals surface area (Å²) in [6.07, 6.45) is 0.532. The molecular formula is C12H15N3O3. The van der Waals surface area contributed by atoms with Crippen LogP contribution in [0.2, 0.25) is 0 Å². The lowest BCUT2D eigenvalue weighted by atomic mass is 10.0. The second-order valence-electron chi connectivity index (χ2n) is 4.30. The van der Waals surface area contributed by atoms with Crippen molar-refractivity contribution in [3.05, 3.63) is 33.9 Å². The number of nitro benzene ring substituents is 1. The number of hydrogen-bond donors (Lipinski definition) is 2. The molecule has 0 aliphatic rings. The molecule has 18 heavy (non-hydrogen) atoms. The molecule has 2 N–H and O–H groups in total. The van der Waals surface area contributed by atoms with Crippen LogP contribution in [-0.4, -0.2) is 22.2 Å². The van der Waals surface area contributed by atoms with Crippen LogP contribution in [0, 0.1) is 21.4 Å². The molecule has 1 aromatic carbocycles. The molecule has 0 saturated carbocycles. The van der Waals surface area contributed by atoms with Crippen LogP contribution in [0.4, 0.5) is 11.4 Å². The third-order valence-electron chi connectivity index (χ3n) is 2.74. The molecular weight excluding hydrogens is 234 g/mol. The fourth-order valence-corrected chi connectivity index (χ4v) is 1.31. The standard InChI is InChI=1S/C12H15N3O3/c1-3-12(2,16)8-14-10-5-4-9(7-13)6-11(10)15(17)18/h4-6,14,16H,3,8H2,1-2H3. The number of nitro groups is 1. The number of nitrogens with one attached hydrogen (secondary N) is 1. The van der Waals surface area contributed by atoms with Gasteiger partial charge >= 0.3 is 0 Å². The maximum Gasteiger partial charge on any atom is 0.293 e. The van der Waals surface area contributed by atoms with Crippen molar-refractivity contribution in [1.29, 1.82) is 5.26 Å². The summed E-state index contributed by atoms with van der Waals surface area (Å²) in [5.74, 6) is 0. The minimum Gasteiger partial charge on any atom is -0.388 e. The van der Waals surface area contributed by atoms with Crippen molar-refractivity contribution < 1.29 is 10.0 Å². The van der Waals surface area contributed by atoms with Crippen LogP contribution in [0.3, 0.4) is 0 Å². The van der Waals surface area contributed by atoms with Crippen molar-refractivity contribution in [3.63, 3.8) is 0 Å². The van der Waals surface area contributed by atoms with Crippen LogP contribution in [-0.2, 0) is 0 Å². The molecule has 0 radical (unpaired) electrons. The van der Waals surface area contributed by atoms with E-state index in [4.69, 9.17) is 5.26 Å². The number of nitrogens with zero attached hydrogens (tertiary/aromatic N) is 2. The molecule has 0 spiro atoms. The van der Waals surface area contributed by atoms with Gasteiger partial charge in [-0.25, -0.2) is 0 Å². The second kappa shape index (κ2) is 5.47. The minimum absolute atomic E-state index is 0.166. The predicted molar refractivity (Wildman–Crippen MR) is 67.2 cm³/mol. The first-order chi connectivity index (χ1) is 8.39. The average Bonchev–Trinajstić information content (AvgIpc) is 2.36. The van der Waals surface area contributed by atoms with Gasteiger partial charge in [-0.3, -0.25) is 10.1 Å². The third-order valence-corrected chi connectivity index (χ3v) is 2.74. The van der Waals surface area contributed by atoms with Crippen molar-refractivity contribution in [3.8, 4) is 6.07 Å². The molecule has 0 aliphatic heterocycles. The molecule has 6 heteroatoms. The highest BCUT2D eigenvalue weighted by molar-refractivity contribution is 5.64. The summed E-state index contributed by atoms with van der Waals surface area (Å²) in [7, 11) is 0. The smallest absolute Gasteiger partial charge is 0.293 e. The summed E-state index contributed by atoms with van der Waals surface area (Å²) in [5, 5.41) is 32.2. The van der Waals surface area contributed by atoms with Crippen molar-refractivity contribution in [1.82, 2.24) is 0 Å². The monoisotopic (exact) mass is 249 g/mol. The van der Waals surface area contributed by atoms with Crippen molar-refractivity contribution in [2.24, 2.45) is 0 Å². The van der Waals surface area contributed by atoms with Gasteiger partial charge in [-0.1, -0.05) is 6.92 Å². The Morgan fingerprint density at radius 1 is 1.61 bits per heavy atom. The number of aliphatic hydroxyl groups is 1. The minimum atomic E-state index is -0.929. The van der Waals surface area contributed by atoms with E-state index in [0.29, 0.717) is 12.1 Å². The lowest BCUT2D eigenvalue weighted by molar-refractivity contribution is -0.384. The molecule has 0 amide bonds.